The molecule has 0 saturated carbocycles. The van der Waals surface area contributed by atoms with Crippen LogP contribution in [-0.4, -0.2) is 68.2 Å². The van der Waals surface area contributed by atoms with Crippen LogP contribution in [0, 0.1) is 32.5 Å². The molecule has 0 amide bonds. The van der Waals surface area contributed by atoms with E-state index in [0.29, 0.717) is 32.0 Å². The molecule has 0 heterocycles. The molecule has 0 rings (SSSR count). The summed E-state index contributed by atoms with van der Waals surface area (Å²) >= 11 is 93.8. The van der Waals surface area contributed by atoms with Crippen LogP contribution >= 0.6 is 329 Å². The number of phosphoric acid groups is 1. The molecule has 0 atom stereocenters. The van der Waals surface area contributed by atoms with Gasteiger partial charge in [0.15, 0.2) is 16.8 Å². The van der Waals surface area contributed by atoms with Gasteiger partial charge in [-0.05, 0) is 0 Å². The fourth-order valence-corrected chi connectivity index (χ4v) is 31.6. The van der Waals surface area contributed by atoms with Gasteiger partial charge in [0, 0.05) is 79.6 Å². The molecule has 0 aromatic heterocycles. The molecule has 0 bridgehead atoms. The van der Waals surface area contributed by atoms with Crippen molar-refractivity contribution in [1.29, 1.82) is 0 Å². The van der Waals surface area contributed by atoms with Crippen LogP contribution in [0.15, 0.2) is 34.8 Å². The average Bonchev–Trinajstić information content (AvgIpc) is 3.16. The first-order valence-electron chi connectivity index (χ1n) is 18.7. The number of hydrogen-bond donors (Lipinski definition) is 0. The Bertz CT molecular complexity index is 1520. The average molecular weight is 2160 g/mol. The molecule has 0 aliphatic heterocycles. The minimum atomic E-state index is -5.69. The molecule has 4 nitrogen and oxygen atoms in total. The summed E-state index contributed by atoms with van der Waals surface area (Å²) in [5.74, 6) is 0. The Labute approximate surface area is 556 Å². The number of rotatable bonds is 27. The van der Waals surface area contributed by atoms with Gasteiger partial charge in [-0.3, -0.25) is 13.6 Å². The Balaban J connectivity index is 10.7. The summed E-state index contributed by atoms with van der Waals surface area (Å²) in [4.78, 5) is 0. The topological polar surface area (TPSA) is 44.8 Å². The van der Waals surface area contributed by atoms with E-state index in [1.807, 2.05) is 83.1 Å². The Morgan fingerprint density at radius 1 is 0.354 bits per heavy atom. The lowest BCUT2D eigenvalue weighted by Crippen LogP contribution is -2.71. The van der Waals surface area contributed by atoms with E-state index in [4.69, 9.17) is 48.4 Å². The largest absolute Gasteiger partial charge is 0.477 e. The summed E-state index contributed by atoms with van der Waals surface area (Å²) in [6.07, 6.45) is 0. The van der Waals surface area contributed by atoms with Gasteiger partial charge in [-0.25, -0.2) is 4.57 Å². The highest BCUT2D eigenvalue weighted by Gasteiger charge is 2.80. The molecule has 0 N–H and O–H groups in total. The number of alkyl halides is 18. The van der Waals surface area contributed by atoms with Crippen molar-refractivity contribution < 1.29 is 18.1 Å². The van der Waals surface area contributed by atoms with Crippen LogP contribution in [0.4, 0.5) is 0 Å². The SMILES string of the molecule is C=C(Cl)C(OP(=O)(OC(C(=C)Cl)(C(Br)(Br)C(C)(C)CBr)C(Br)(Br)C(C)(C)CBr)OC(C(=C)Cl)(C(Br)(Br)C(C)(C)CBr)C(Br)(Br)C(C)(C)CBr)(C(Br)(Br)C(C)(C)CBr)C(Br)(Br)C(C)(C)CBr. The summed E-state index contributed by atoms with van der Waals surface area (Å²) < 4.78 is 31.6. The molecule has 386 valence electrons. The summed E-state index contributed by atoms with van der Waals surface area (Å²) in [5, 5.41) is 1.56. The molecular weight excluding hydrogens is 2110 g/mol. The number of phosphoric ester groups is 1. The first kappa shape index (κ1) is 73.8. The second-order valence-corrected chi connectivity index (χ2v) is 46.4. The van der Waals surface area contributed by atoms with E-state index in [-0.39, 0.29) is 15.1 Å². The Morgan fingerprint density at radius 3 is 0.538 bits per heavy atom. The molecule has 65 heavy (non-hydrogen) atoms. The van der Waals surface area contributed by atoms with E-state index in [0.717, 1.165) is 0 Å². The van der Waals surface area contributed by atoms with Crippen molar-refractivity contribution in [3.05, 3.63) is 34.8 Å². The lowest BCUT2D eigenvalue weighted by Gasteiger charge is -2.63. The van der Waals surface area contributed by atoms with Crippen LogP contribution in [0.25, 0.3) is 0 Å². The normalized spacial score (nSPS) is 16.0. The van der Waals surface area contributed by atoms with Gasteiger partial charge in [0.05, 0.1) is 0 Å². The molecule has 0 radical (unpaired) electrons. The lowest BCUT2D eigenvalue weighted by atomic mass is 9.73. The summed E-state index contributed by atoms with van der Waals surface area (Å²) in [5.41, 5.74) is -11.9. The molecular formula is C39H54Br18Cl3O4P. The highest BCUT2D eigenvalue weighted by atomic mass is 79.9. The van der Waals surface area contributed by atoms with Crippen molar-refractivity contribution >= 4 is 329 Å². The van der Waals surface area contributed by atoms with E-state index in [2.05, 4.69) is 306 Å². The highest BCUT2D eigenvalue weighted by molar-refractivity contribution is 9.28. The molecule has 0 aliphatic rings. The zero-order valence-corrected chi connectivity index (χ0v) is 69.1. The Morgan fingerprint density at radius 2 is 0.462 bits per heavy atom. The quantitative estimate of drug-likeness (QED) is 0.0607. The molecule has 0 aromatic rings. The predicted molar refractivity (Wildman–Crippen MR) is 353 cm³/mol. The third-order valence-corrected chi connectivity index (χ3v) is 41.9. The molecule has 0 unspecified atom stereocenters. The van der Waals surface area contributed by atoms with Gasteiger partial charge in [-0.15, -0.1) is 0 Å². The fourth-order valence-electron chi connectivity index (χ4n) is 6.03. The molecule has 0 spiro atoms. The second kappa shape index (κ2) is 24.9. The summed E-state index contributed by atoms with van der Waals surface area (Å²) in [6.45, 7) is 36.5. The fraction of sp³-hybridized carbons (Fsp3) is 0.846. The lowest BCUT2D eigenvalue weighted by molar-refractivity contribution is -0.0802. The van der Waals surface area contributed by atoms with Gasteiger partial charge in [0.1, 0.15) is 19.4 Å². The van der Waals surface area contributed by atoms with Gasteiger partial charge >= 0.3 is 7.82 Å². The zero-order valence-electron chi connectivity index (χ0n) is 37.4. The smallest absolute Gasteiger partial charge is 0.269 e. The monoisotopic (exact) mass is 2140 g/mol. The van der Waals surface area contributed by atoms with Crippen molar-refractivity contribution in [2.75, 3.05) is 32.0 Å². The first-order chi connectivity index (χ1) is 28.3. The Kier molecular flexibility index (Phi) is 28.3. The van der Waals surface area contributed by atoms with Crippen molar-refractivity contribution in [2.45, 2.75) is 119 Å². The van der Waals surface area contributed by atoms with Gasteiger partial charge in [0.25, 0.3) is 0 Å². The predicted octanol–water partition coefficient (Wildman–Crippen LogP) is 24.1. The van der Waals surface area contributed by atoms with Crippen molar-refractivity contribution in [1.82, 2.24) is 0 Å². The first-order valence-corrected chi connectivity index (χ1v) is 37.6. The molecule has 0 aromatic carbocycles. The minimum Gasteiger partial charge on any atom is -0.269 e. The van der Waals surface area contributed by atoms with E-state index < -0.39 is 76.5 Å². The van der Waals surface area contributed by atoms with Crippen molar-refractivity contribution in [3.63, 3.8) is 0 Å². The van der Waals surface area contributed by atoms with Crippen LogP contribution in [0.2, 0.25) is 0 Å². The van der Waals surface area contributed by atoms with E-state index in [9.17, 15) is 0 Å². The maximum atomic E-state index is 18.1. The van der Waals surface area contributed by atoms with Crippen LogP contribution in [-0.2, 0) is 18.1 Å². The molecule has 0 aliphatic carbocycles. The highest BCUT2D eigenvalue weighted by Crippen LogP contribution is 2.80. The molecule has 0 saturated heterocycles. The standard InChI is InChI=1S/C39H54Br18Cl3O4P/c1-22(58)31(34(46,47)25(4,5)16-40,35(48,49)26(6,7)17-41)62-65(61,63-32(23(2)59,36(50,51)27(8,9)18-42)37(52,53)28(10,11)19-43)64-33(24(3)60,38(54,55)29(12,13)20-44)39(56,57)30(14,15)21-45/h1-3,16-21H2,4-15H3. The second-order valence-electron chi connectivity index (χ2n) is 19.5. The van der Waals surface area contributed by atoms with Crippen LogP contribution in [0.3, 0.4) is 0 Å². The number of hydrogen-bond acceptors (Lipinski definition) is 4. The van der Waals surface area contributed by atoms with Crippen molar-refractivity contribution in [3.8, 4) is 0 Å². The van der Waals surface area contributed by atoms with E-state index >= 15 is 4.57 Å². The van der Waals surface area contributed by atoms with Gasteiger partial charge in [-0.2, -0.15) is 0 Å². The third-order valence-electron chi connectivity index (χ3n) is 11.6. The van der Waals surface area contributed by atoms with Crippen LogP contribution in [0.1, 0.15) is 83.1 Å². The summed E-state index contributed by atoms with van der Waals surface area (Å²) in [6, 6.07) is 0. The van der Waals surface area contributed by atoms with Crippen LogP contribution in [0.5, 0.6) is 0 Å². The van der Waals surface area contributed by atoms with Gasteiger partial charge < -0.3 is 0 Å². The minimum absolute atomic E-state index is 0.148. The maximum Gasteiger partial charge on any atom is 0.477 e. The molecule has 26 heteroatoms. The summed E-state index contributed by atoms with van der Waals surface area (Å²) in [7, 11) is -5.69. The van der Waals surface area contributed by atoms with Crippen molar-refractivity contribution in [2.24, 2.45) is 32.5 Å². The third kappa shape index (κ3) is 12.5. The van der Waals surface area contributed by atoms with Gasteiger partial charge in [0.2, 0.25) is 0 Å². The van der Waals surface area contributed by atoms with Gasteiger partial charge in [-0.1, -0.05) is 424 Å². The zero-order chi connectivity index (χ0) is 53.1. The van der Waals surface area contributed by atoms with Crippen LogP contribution < -0.4 is 0 Å². The molecule has 0 fully saturated rings. The number of halogens is 21. The Hall–Kier alpha value is 8.84. The maximum absolute atomic E-state index is 18.1. The van der Waals surface area contributed by atoms with E-state index in [1.54, 1.807) is 0 Å². The van der Waals surface area contributed by atoms with E-state index in [1.165, 1.54) is 0 Å².